The Labute approximate surface area is 131 Å². The maximum atomic E-state index is 12.1. The number of rotatable bonds is 5. The lowest BCUT2D eigenvalue weighted by Gasteiger charge is -2.21. The maximum absolute atomic E-state index is 12.1. The fourth-order valence-corrected chi connectivity index (χ4v) is 2.76. The first kappa shape index (κ1) is 16.3. The standard InChI is InChI=1S/C17H24N2O3/c1-13(14-6-4-3-5-7-14)8-10-18-16(22)19-11-9-17(2,12-19)15(20)21/h3-7,13H,8-12H2,1-2H3,(H,18,22)(H,20,21). The summed E-state index contributed by atoms with van der Waals surface area (Å²) in [6, 6.07) is 10.0. The van der Waals surface area contributed by atoms with E-state index in [0.717, 1.165) is 6.42 Å². The van der Waals surface area contributed by atoms with E-state index in [0.29, 0.717) is 25.4 Å². The van der Waals surface area contributed by atoms with E-state index in [2.05, 4.69) is 24.4 Å². The maximum Gasteiger partial charge on any atom is 0.317 e. The van der Waals surface area contributed by atoms with Gasteiger partial charge < -0.3 is 15.3 Å². The van der Waals surface area contributed by atoms with Crippen LogP contribution in [0.3, 0.4) is 0 Å². The van der Waals surface area contributed by atoms with Crippen LogP contribution in [0.2, 0.25) is 0 Å². The molecular formula is C17H24N2O3. The molecule has 5 nitrogen and oxygen atoms in total. The molecule has 0 radical (unpaired) electrons. The zero-order chi connectivity index (χ0) is 16.2. The zero-order valence-corrected chi connectivity index (χ0v) is 13.2. The van der Waals surface area contributed by atoms with Gasteiger partial charge in [0.15, 0.2) is 0 Å². The molecule has 0 aromatic heterocycles. The van der Waals surface area contributed by atoms with Crippen molar-refractivity contribution < 1.29 is 14.7 Å². The average molecular weight is 304 g/mol. The minimum absolute atomic E-state index is 0.162. The molecule has 1 fully saturated rings. The lowest BCUT2D eigenvalue weighted by molar-refractivity contribution is -0.146. The molecule has 22 heavy (non-hydrogen) atoms. The Morgan fingerprint density at radius 1 is 1.36 bits per heavy atom. The summed E-state index contributed by atoms with van der Waals surface area (Å²) in [6.45, 7) is 5.21. The SMILES string of the molecule is CC(CCNC(=O)N1CCC(C)(C(=O)O)C1)c1ccccc1. The number of hydrogen-bond acceptors (Lipinski definition) is 2. The van der Waals surface area contributed by atoms with Crippen LogP contribution in [-0.4, -0.2) is 41.6 Å². The second kappa shape index (κ2) is 6.81. The summed E-state index contributed by atoms with van der Waals surface area (Å²) in [7, 11) is 0. The van der Waals surface area contributed by atoms with Crippen LogP contribution in [-0.2, 0) is 4.79 Å². The number of likely N-dealkylation sites (tertiary alicyclic amines) is 1. The van der Waals surface area contributed by atoms with Crippen LogP contribution >= 0.6 is 0 Å². The quantitative estimate of drug-likeness (QED) is 0.878. The van der Waals surface area contributed by atoms with Crippen LogP contribution in [0.4, 0.5) is 4.79 Å². The first-order chi connectivity index (χ1) is 10.4. The minimum atomic E-state index is -0.833. The molecule has 2 rings (SSSR count). The first-order valence-corrected chi connectivity index (χ1v) is 7.73. The topological polar surface area (TPSA) is 69.6 Å². The van der Waals surface area contributed by atoms with E-state index in [1.807, 2.05) is 18.2 Å². The highest BCUT2D eigenvalue weighted by Gasteiger charge is 2.42. The highest BCUT2D eigenvalue weighted by Crippen LogP contribution is 2.30. The van der Waals surface area contributed by atoms with Gasteiger partial charge in [-0.15, -0.1) is 0 Å². The third-order valence-electron chi connectivity index (χ3n) is 4.50. The van der Waals surface area contributed by atoms with Gasteiger partial charge in [0.05, 0.1) is 5.41 Å². The Morgan fingerprint density at radius 3 is 2.64 bits per heavy atom. The largest absolute Gasteiger partial charge is 0.481 e. The van der Waals surface area contributed by atoms with Gasteiger partial charge in [-0.1, -0.05) is 37.3 Å². The third kappa shape index (κ3) is 3.78. The van der Waals surface area contributed by atoms with Gasteiger partial charge in [0, 0.05) is 19.6 Å². The van der Waals surface area contributed by atoms with Crippen LogP contribution in [0, 0.1) is 5.41 Å². The molecular weight excluding hydrogens is 280 g/mol. The number of urea groups is 1. The minimum Gasteiger partial charge on any atom is -0.481 e. The number of aliphatic carboxylic acids is 1. The van der Waals surface area contributed by atoms with Crippen molar-refractivity contribution in [2.75, 3.05) is 19.6 Å². The van der Waals surface area contributed by atoms with E-state index in [4.69, 9.17) is 0 Å². The molecule has 1 saturated heterocycles. The van der Waals surface area contributed by atoms with Gasteiger partial charge in [0.2, 0.25) is 0 Å². The molecule has 1 aliphatic heterocycles. The number of amides is 2. The van der Waals surface area contributed by atoms with Gasteiger partial charge in [0.1, 0.15) is 0 Å². The predicted octanol–water partition coefficient (Wildman–Crippen LogP) is 2.69. The highest BCUT2D eigenvalue weighted by molar-refractivity contribution is 5.79. The lowest BCUT2D eigenvalue weighted by Crippen LogP contribution is -2.41. The Bertz CT molecular complexity index is 532. The van der Waals surface area contributed by atoms with Gasteiger partial charge in [-0.05, 0) is 31.2 Å². The monoisotopic (exact) mass is 304 g/mol. The molecule has 0 saturated carbocycles. The molecule has 1 heterocycles. The lowest BCUT2D eigenvalue weighted by atomic mass is 9.90. The van der Waals surface area contributed by atoms with Crippen LogP contribution < -0.4 is 5.32 Å². The Kier molecular flexibility index (Phi) is 5.06. The number of carbonyl (C=O) groups is 2. The molecule has 0 aliphatic carbocycles. The average Bonchev–Trinajstić information content (AvgIpc) is 2.92. The Hall–Kier alpha value is -2.04. The van der Waals surface area contributed by atoms with E-state index in [-0.39, 0.29) is 12.6 Å². The van der Waals surface area contributed by atoms with Crippen molar-refractivity contribution in [2.24, 2.45) is 5.41 Å². The van der Waals surface area contributed by atoms with Crippen molar-refractivity contribution in [1.82, 2.24) is 10.2 Å². The zero-order valence-electron chi connectivity index (χ0n) is 13.2. The van der Waals surface area contributed by atoms with E-state index in [1.165, 1.54) is 5.56 Å². The number of benzene rings is 1. The first-order valence-electron chi connectivity index (χ1n) is 7.73. The molecule has 2 unspecified atom stereocenters. The van der Waals surface area contributed by atoms with Gasteiger partial charge in [-0.3, -0.25) is 4.79 Å². The summed E-state index contributed by atoms with van der Waals surface area (Å²) in [5.41, 5.74) is 0.450. The van der Waals surface area contributed by atoms with Crippen LogP contribution in [0.25, 0.3) is 0 Å². The van der Waals surface area contributed by atoms with Crippen LogP contribution in [0.1, 0.15) is 38.2 Å². The highest BCUT2D eigenvalue weighted by atomic mass is 16.4. The fraction of sp³-hybridized carbons (Fsp3) is 0.529. The van der Waals surface area contributed by atoms with Gasteiger partial charge >= 0.3 is 12.0 Å². The predicted molar refractivity (Wildman–Crippen MR) is 84.8 cm³/mol. The summed E-state index contributed by atoms with van der Waals surface area (Å²) >= 11 is 0. The summed E-state index contributed by atoms with van der Waals surface area (Å²) in [5, 5.41) is 12.1. The molecule has 120 valence electrons. The number of nitrogens with one attached hydrogen (secondary N) is 1. The molecule has 5 heteroatoms. The molecule has 1 aromatic rings. The Balaban J connectivity index is 1.76. The molecule has 2 atom stereocenters. The van der Waals surface area contributed by atoms with Crippen LogP contribution in [0.15, 0.2) is 30.3 Å². The van der Waals surface area contributed by atoms with E-state index in [1.54, 1.807) is 11.8 Å². The number of hydrogen-bond donors (Lipinski definition) is 2. The van der Waals surface area contributed by atoms with Crippen molar-refractivity contribution in [3.05, 3.63) is 35.9 Å². The molecule has 1 aromatic carbocycles. The van der Waals surface area contributed by atoms with Crippen molar-refractivity contribution in [2.45, 2.75) is 32.6 Å². The molecule has 0 bridgehead atoms. The number of carboxylic acid groups (broad SMARTS) is 1. The van der Waals surface area contributed by atoms with Crippen molar-refractivity contribution in [3.8, 4) is 0 Å². The summed E-state index contributed by atoms with van der Waals surface area (Å²) in [4.78, 5) is 24.9. The van der Waals surface area contributed by atoms with Gasteiger partial charge in [-0.25, -0.2) is 4.79 Å². The van der Waals surface area contributed by atoms with Crippen molar-refractivity contribution in [3.63, 3.8) is 0 Å². The molecule has 0 spiro atoms. The van der Waals surface area contributed by atoms with Crippen LogP contribution in [0.5, 0.6) is 0 Å². The van der Waals surface area contributed by atoms with Crippen molar-refractivity contribution >= 4 is 12.0 Å². The normalized spacial score (nSPS) is 22.4. The summed E-state index contributed by atoms with van der Waals surface area (Å²) < 4.78 is 0. The molecule has 2 N–H and O–H groups in total. The number of nitrogens with zero attached hydrogens (tertiary/aromatic N) is 1. The van der Waals surface area contributed by atoms with E-state index < -0.39 is 11.4 Å². The van der Waals surface area contributed by atoms with Gasteiger partial charge in [0.25, 0.3) is 0 Å². The summed E-state index contributed by atoms with van der Waals surface area (Å²) in [6.07, 6.45) is 1.37. The second-order valence-electron chi connectivity index (χ2n) is 6.37. The summed E-state index contributed by atoms with van der Waals surface area (Å²) in [5.74, 6) is -0.454. The smallest absolute Gasteiger partial charge is 0.317 e. The van der Waals surface area contributed by atoms with Gasteiger partial charge in [-0.2, -0.15) is 0 Å². The number of carbonyl (C=O) groups excluding carboxylic acids is 1. The van der Waals surface area contributed by atoms with Crippen molar-refractivity contribution in [1.29, 1.82) is 0 Å². The molecule has 2 amide bonds. The third-order valence-corrected chi connectivity index (χ3v) is 4.50. The Morgan fingerprint density at radius 2 is 2.05 bits per heavy atom. The number of carboxylic acids is 1. The van der Waals surface area contributed by atoms with E-state index in [9.17, 15) is 14.7 Å². The van der Waals surface area contributed by atoms with E-state index >= 15 is 0 Å². The molecule has 1 aliphatic rings. The second-order valence-corrected chi connectivity index (χ2v) is 6.37. The fourth-order valence-electron chi connectivity index (χ4n) is 2.76.